The lowest BCUT2D eigenvalue weighted by Gasteiger charge is -2.33. The van der Waals surface area contributed by atoms with Gasteiger partial charge in [-0.1, -0.05) is 82.1 Å². The van der Waals surface area contributed by atoms with E-state index in [-0.39, 0.29) is 12.2 Å². The molecular formula is C31H69N3O3. The normalized spacial score (nSPS) is 30.3. The van der Waals surface area contributed by atoms with Crippen LogP contribution in [0.1, 0.15) is 101 Å². The van der Waals surface area contributed by atoms with Crippen LogP contribution in [0.15, 0.2) is 0 Å². The van der Waals surface area contributed by atoms with Crippen LogP contribution in [0.25, 0.3) is 0 Å². The van der Waals surface area contributed by atoms with E-state index < -0.39 is 0 Å². The molecule has 0 amide bonds. The Balaban J connectivity index is 0. The highest BCUT2D eigenvalue weighted by Gasteiger charge is 2.29. The second-order valence-corrected chi connectivity index (χ2v) is 13.1. The number of likely N-dealkylation sites (tertiary alicyclic amines) is 2. The van der Waals surface area contributed by atoms with E-state index in [1.54, 1.807) is 0 Å². The Hall–Kier alpha value is -0.240. The minimum atomic E-state index is -0.0845. The maximum absolute atomic E-state index is 9.34. The molecule has 0 unspecified atom stereocenters. The molecule has 6 nitrogen and oxygen atoms in total. The molecule has 3 saturated heterocycles. The Bertz CT molecular complexity index is 464. The Labute approximate surface area is 232 Å². The number of β-amino-alcohol motifs (C(OH)–C–C–N with tert-alkyl or cyclic N) is 2. The van der Waals surface area contributed by atoms with Crippen LogP contribution in [-0.2, 0) is 0 Å². The second kappa shape index (κ2) is 22.6. The molecule has 0 aromatic carbocycles. The summed E-state index contributed by atoms with van der Waals surface area (Å²) >= 11 is 0. The summed E-state index contributed by atoms with van der Waals surface area (Å²) in [6.07, 6.45) is 5.51. The van der Waals surface area contributed by atoms with Gasteiger partial charge in [-0.15, -0.1) is 0 Å². The van der Waals surface area contributed by atoms with Crippen LogP contribution >= 0.6 is 0 Å². The van der Waals surface area contributed by atoms with Gasteiger partial charge in [-0.05, 0) is 68.5 Å². The molecule has 0 spiro atoms. The van der Waals surface area contributed by atoms with Gasteiger partial charge in [0.2, 0.25) is 0 Å². The molecule has 3 aliphatic rings. The van der Waals surface area contributed by atoms with Crippen molar-refractivity contribution in [1.82, 2.24) is 15.1 Å². The largest absolute Gasteiger partial charge is 0.396 e. The van der Waals surface area contributed by atoms with Crippen molar-refractivity contribution in [3.63, 3.8) is 0 Å². The number of hydrogen-bond donors (Lipinski definition) is 4. The van der Waals surface area contributed by atoms with Crippen LogP contribution in [0.2, 0.25) is 0 Å². The summed E-state index contributed by atoms with van der Waals surface area (Å²) in [6, 6.07) is 0. The van der Waals surface area contributed by atoms with Gasteiger partial charge in [-0.3, -0.25) is 0 Å². The quantitative estimate of drug-likeness (QED) is 0.405. The monoisotopic (exact) mass is 532 g/mol. The summed E-state index contributed by atoms with van der Waals surface area (Å²) in [4.78, 5) is 4.48. The van der Waals surface area contributed by atoms with E-state index in [0.717, 1.165) is 58.7 Å². The third kappa shape index (κ3) is 22.3. The van der Waals surface area contributed by atoms with Gasteiger partial charge in [0.15, 0.2) is 0 Å². The van der Waals surface area contributed by atoms with Crippen molar-refractivity contribution in [2.45, 2.75) is 114 Å². The van der Waals surface area contributed by atoms with Crippen molar-refractivity contribution in [2.75, 3.05) is 59.5 Å². The minimum Gasteiger partial charge on any atom is -0.396 e. The Morgan fingerprint density at radius 1 is 0.757 bits per heavy atom. The van der Waals surface area contributed by atoms with Crippen molar-refractivity contribution in [3.8, 4) is 0 Å². The molecule has 37 heavy (non-hydrogen) atoms. The molecule has 0 saturated carbocycles. The van der Waals surface area contributed by atoms with E-state index in [0.29, 0.717) is 35.7 Å². The first-order chi connectivity index (χ1) is 17.3. The van der Waals surface area contributed by atoms with E-state index in [4.69, 9.17) is 5.11 Å². The molecule has 6 atom stereocenters. The number of rotatable bonds is 3. The zero-order valence-corrected chi connectivity index (χ0v) is 26.9. The van der Waals surface area contributed by atoms with Gasteiger partial charge in [-0.25, -0.2) is 0 Å². The van der Waals surface area contributed by atoms with Crippen molar-refractivity contribution in [1.29, 1.82) is 0 Å². The zero-order valence-electron chi connectivity index (χ0n) is 26.9. The lowest BCUT2D eigenvalue weighted by atomic mass is 9.80. The maximum Gasteiger partial charge on any atom is 0.0670 e. The lowest BCUT2D eigenvalue weighted by molar-refractivity contribution is 0.0476. The topological polar surface area (TPSA) is 79.2 Å². The molecule has 3 aliphatic heterocycles. The van der Waals surface area contributed by atoms with Gasteiger partial charge in [0.1, 0.15) is 0 Å². The molecular weight excluding hydrogens is 462 g/mol. The molecule has 0 aromatic heterocycles. The SMILES string of the molecule is CC(C)(C)C[C@@H]1CNC[C@H]1CO.CCC.CCC.CCN1C[C@@H](C)C[C@@H](O)C1.C[C@H]1C[C@@H](O)CN(C)C1. The van der Waals surface area contributed by atoms with E-state index in [9.17, 15) is 10.2 Å². The fourth-order valence-electron chi connectivity index (χ4n) is 5.29. The van der Waals surface area contributed by atoms with Crippen molar-refractivity contribution in [3.05, 3.63) is 0 Å². The third-order valence-electron chi connectivity index (χ3n) is 6.57. The number of aliphatic hydroxyl groups excluding tert-OH is 3. The van der Waals surface area contributed by atoms with Crippen molar-refractivity contribution >= 4 is 0 Å². The van der Waals surface area contributed by atoms with E-state index >= 15 is 0 Å². The second-order valence-electron chi connectivity index (χ2n) is 13.1. The van der Waals surface area contributed by atoms with E-state index in [1.165, 1.54) is 19.3 Å². The highest BCUT2D eigenvalue weighted by atomic mass is 16.3. The van der Waals surface area contributed by atoms with Gasteiger partial charge in [0, 0.05) is 39.3 Å². The molecule has 3 rings (SSSR count). The number of likely N-dealkylation sites (N-methyl/N-ethyl adjacent to an activating group) is 2. The van der Waals surface area contributed by atoms with Gasteiger partial charge in [0.05, 0.1) is 12.2 Å². The van der Waals surface area contributed by atoms with Crippen molar-refractivity contribution in [2.24, 2.45) is 29.1 Å². The van der Waals surface area contributed by atoms with Crippen LogP contribution in [0.3, 0.4) is 0 Å². The van der Waals surface area contributed by atoms with Crippen LogP contribution in [0.4, 0.5) is 0 Å². The average Bonchev–Trinajstić information content (AvgIpc) is 3.19. The Morgan fingerprint density at radius 2 is 1.22 bits per heavy atom. The first-order valence-corrected chi connectivity index (χ1v) is 15.3. The molecule has 0 radical (unpaired) electrons. The van der Waals surface area contributed by atoms with Gasteiger partial charge in [0.25, 0.3) is 0 Å². The summed E-state index contributed by atoms with van der Waals surface area (Å²) in [5.41, 5.74) is 0.393. The average molecular weight is 532 g/mol. The predicted octanol–water partition coefficient (Wildman–Crippen LogP) is 5.11. The summed E-state index contributed by atoms with van der Waals surface area (Å²) in [5.74, 6) is 2.50. The molecule has 4 N–H and O–H groups in total. The molecule has 0 bridgehead atoms. The third-order valence-corrected chi connectivity index (χ3v) is 6.57. The first kappa shape index (κ1) is 38.9. The van der Waals surface area contributed by atoms with Gasteiger partial charge in [-0.2, -0.15) is 0 Å². The van der Waals surface area contributed by atoms with Gasteiger partial charge < -0.3 is 30.4 Å². The summed E-state index contributed by atoms with van der Waals surface area (Å²) in [6.45, 7) is 29.3. The fourth-order valence-corrected chi connectivity index (χ4v) is 5.29. The van der Waals surface area contributed by atoms with Gasteiger partial charge >= 0.3 is 0 Å². The molecule has 3 fully saturated rings. The zero-order chi connectivity index (χ0) is 29.0. The maximum atomic E-state index is 9.34. The fraction of sp³-hybridized carbons (Fsp3) is 1.00. The van der Waals surface area contributed by atoms with Crippen LogP contribution in [0, 0.1) is 29.1 Å². The number of nitrogens with one attached hydrogen (secondary N) is 1. The Morgan fingerprint density at radius 3 is 1.59 bits per heavy atom. The van der Waals surface area contributed by atoms with Crippen LogP contribution in [0.5, 0.6) is 0 Å². The number of aliphatic hydroxyl groups is 3. The molecule has 226 valence electrons. The number of hydrogen-bond acceptors (Lipinski definition) is 6. The highest BCUT2D eigenvalue weighted by molar-refractivity contribution is 4.83. The number of nitrogens with zero attached hydrogens (tertiary/aromatic N) is 2. The van der Waals surface area contributed by atoms with E-state index in [1.807, 2.05) is 0 Å². The molecule has 0 aliphatic carbocycles. The molecule has 0 aromatic rings. The smallest absolute Gasteiger partial charge is 0.0670 e. The highest BCUT2D eigenvalue weighted by Crippen LogP contribution is 2.30. The standard InChI is InChI=1S/C10H21NO.C8H17NO.C7H15NO.2C3H8/c1-10(2,3)4-8-5-11-6-9(8)7-12;1-3-9-5-7(2)4-8(10)6-9;1-6-3-7(9)5-8(2)4-6;2*1-3-2/h8-9,11-12H,4-7H2,1-3H3;7-8,10H,3-6H2,1-2H3;6-7,9H,3-5H2,1-2H3;2*3H2,1-2H3/t8-,9+;7-,8+;6-,7+;;/m100../s1. The molecule has 3 heterocycles. The van der Waals surface area contributed by atoms with Crippen molar-refractivity contribution < 1.29 is 15.3 Å². The lowest BCUT2D eigenvalue weighted by Crippen LogP contribution is -2.41. The van der Waals surface area contributed by atoms with Crippen LogP contribution in [-0.4, -0.2) is 96.8 Å². The first-order valence-electron chi connectivity index (χ1n) is 15.3. The summed E-state index contributed by atoms with van der Waals surface area (Å²) < 4.78 is 0. The number of piperidine rings is 2. The van der Waals surface area contributed by atoms with Crippen LogP contribution < -0.4 is 5.32 Å². The van der Waals surface area contributed by atoms with E-state index in [2.05, 4.69) is 91.4 Å². The molecule has 6 heteroatoms. The summed E-state index contributed by atoms with van der Waals surface area (Å²) in [7, 11) is 2.05. The predicted molar refractivity (Wildman–Crippen MR) is 162 cm³/mol. The Kier molecular flexibility index (Phi) is 23.7. The summed E-state index contributed by atoms with van der Waals surface area (Å²) in [5, 5.41) is 31.0. The minimum absolute atomic E-state index is 0.0799.